The van der Waals surface area contributed by atoms with Crippen LogP contribution in [0.5, 0.6) is 0 Å². The van der Waals surface area contributed by atoms with Crippen molar-refractivity contribution < 1.29 is 23.1 Å². The summed E-state index contributed by atoms with van der Waals surface area (Å²) in [6.07, 6.45) is 0. The molecule has 0 saturated heterocycles. The fourth-order valence-corrected chi connectivity index (χ4v) is 3.51. The second kappa shape index (κ2) is 6.80. The highest BCUT2D eigenvalue weighted by molar-refractivity contribution is 5.98. The third-order valence-corrected chi connectivity index (χ3v) is 4.73. The third kappa shape index (κ3) is 3.06. The Hall–Kier alpha value is -3.55. The lowest BCUT2D eigenvalue weighted by Crippen LogP contribution is -2.04. The van der Waals surface area contributed by atoms with Crippen molar-refractivity contribution in [3.8, 4) is 17.1 Å². The molecule has 8 heteroatoms. The van der Waals surface area contributed by atoms with Gasteiger partial charge >= 0.3 is 11.9 Å². The first-order valence-corrected chi connectivity index (χ1v) is 8.95. The van der Waals surface area contributed by atoms with Crippen molar-refractivity contribution in [3.05, 3.63) is 65.2 Å². The van der Waals surface area contributed by atoms with Gasteiger partial charge in [-0.15, -0.1) is 10.2 Å². The first kappa shape index (κ1) is 18.8. The summed E-state index contributed by atoms with van der Waals surface area (Å²) in [5, 5.41) is 17.1. The van der Waals surface area contributed by atoms with Crippen LogP contribution in [0.25, 0.3) is 28.0 Å². The molecule has 0 amide bonds. The monoisotopic (exact) mass is 397 g/mol. The first-order valence-electron chi connectivity index (χ1n) is 8.95. The number of halogens is 2. The molecule has 2 aromatic carbocycles. The molecule has 4 aromatic rings. The molecule has 0 aliphatic rings. The maximum atomic E-state index is 14.1. The van der Waals surface area contributed by atoms with Crippen molar-refractivity contribution in [1.82, 2.24) is 14.8 Å². The zero-order valence-electron chi connectivity index (χ0n) is 15.9. The number of hydrogen-bond donors (Lipinski definition) is 1. The predicted octanol–water partition coefficient (Wildman–Crippen LogP) is 5.09. The molecule has 6 nitrogen and oxygen atoms in total. The lowest BCUT2D eigenvalue weighted by molar-refractivity contribution is 0.0654. The van der Waals surface area contributed by atoms with Gasteiger partial charge in [0, 0.05) is 16.8 Å². The van der Waals surface area contributed by atoms with Gasteiger partial charge in [0.2, 0.25) is 0 Å². The smallest absolute Gasteiger partial charge is 0.393 e. The summed E-state index contributed by atoms with van der Waals surface area (Å²) < 4.78 is 35.2. The summed E-state index contributed by atoms with van der Waals surface area (Å²) in [6, 6.07) is 9.00. The molecule has 148 valence electrons. The van der Waals surface area contributed by atoms with Crippen LogP contribution in [-0.2, 0) is 0 Å². The van der Waals surface area contributed by atoms with Crippen LogP contribution >= 0.6 is 0 Å². The number of benzene rings is 2. The zero-order valence-corrected chi connectivity index (χ0v) is 15.9. The number of aromatic carboxylic acids is 1. The van der Waals surface area contributed by atoms with E-state index in [9.17, 15) is 13.6 Å². The number of carboxylic acid groups (broad SMARTS) is 1. The van der Waals surface area contributed by atoms with E-state index in [0.29, 0.717) is 27.7 Å². The Labute approximate surface area is 164 Å². The van der Waals surface area contributed by atoms with Crippen molar-refractivity contribution in [2.24, 2.45) is 0 Å². The summed E-state index contributed by atoms with van der Waals surface area (Å²) in [6.45, 7) is 5.54. The summed E-state index contributed by atoms with van der Waals surface area (Å²) in [5.74, 6) is -2.78. The summed E-state index contributed by atoms with van der Waals surface area (Å²) in [7, 11) is 0. The highest BCUT2D eigenvalue weighted by atomic mass is 19.1. The molecule has 2 aromatic heterocycles. The highest BCUT2D eigenvalue weighted by Crippen LogP contribution is 2.40. The van der Waals surface area contributed by atoms with Gasteiger partial charge < -0.3 is 14.1 Å². The molecule has 29 heavy (non-hydrogen) atoms. The SMILES string of the molecule is Cc1cc(-n2c(C(C)C)c(-c3nnc(C(=O)O)o3)c3cc(F)ccc32)ccc1F. The number of carboxylic acids is 1. The molecule has 2 heterocycles. The molecule has 0 unspecified atom stereocenters. The maximum Gasteiger partial charge on any atom is 0.393 e. The van der Waals surface area contributed by atoms with Crippen LogP contribution < -0.4 is 0 Å². The maximum absolute atomic E-state index is 14.1. The van der Waals surface area contributed by atoms with Crippen LogP contribution in [0, 0.1) is 18.6 Å². The second-order valence-corrected chi connectivity index (χ2v) is 7.06. The number of carbonyl (C=O) groups is 1. The Kier molecular flexibility index (Phi) is 4.41. The standard InChI is InChI=1S/C21H17F2N3O3/c1-10(2)18-17(19-24-25-20(29-19)21(27)28)14-9-12(22)4-7-16(14)26(18)13-5-6-15(23)11(3)8-13/h4-10H,1-3H3,(H,27,28). The Balaban J connectivity index is 2.12. The number of fused-ring (bicyclic) bond motifs is 1. The van der Waals surface area contributed by atoms with E-state index in [0.717, 1.165) is 5.69 Å². The highest BCUT2D eigenvalue weighted by Gasteiger charge is 2.27. The van der Waals surface area contributed by atoms with Gasteiger partial charge in [-0.1, -0.05) is 13.8 Å². The lowest BCUT2D eigenvalue weighted by Gasteiger charge is -2.15. The molecule has 1 N–H and O–H groups in total. The fraction of sp³-hybridized carbons (Fsp3) is 0.190. The van der Waals surface area contributed by atoms with Gasteiger partial charge in [-0.2, -0.15) is 0 Å². The van der Waals surface area contributed by atoms with E-state index in [4.69, 9.17) is 9.52 Å². The van der Waals surface area contributed by atoms with E-state index >= 15 is 0 Å². The topological polar surface area (TPSA) is 81.2 Å². The Morgan fingerprint density at radius 1 is 1.14 bits per heavy atom. The minimum Gasteiger partial charge on any atom is -0.474 e. The molecule has 0 aliphatic carbocycles. The summed E-state index contributed by atoms with van der Waals surface area (Å²) in [5.41, 5.74) is 2.99. The van der Waals surface area contributed by atoms with Crippen LogP contribution in [0.3, 0.4) is 0 Å². The quantitative estimate of drug-likeness (QED) is 0.519. The summed E-state index contributed by atoms with van der Waals surface area (Å²) in [4.78, 5) is 11.2. The van der Waals surface area contributed by atoms with Crippen molar-refractivity contribution in [1.29, 1.82) is 0 Å². The fourth-order valence-electron chi connectivity index (χ4n) is 3.51. The normalized spacial score (nSPS) is 11.5. The van der Waals surface area contributed by atoms with Crippen LogP contribution in [0.4, 0.5) is 8.78 Å². The Morgan fingerprint density at radius 2 is 1.90 bits per heavy atom. The molecule has 4 rings (SSSR count). The molecule has 0 spiro atoms. The number of nitrogens with zero attached hydrogens (tertiary/aromatic N) is 3. The van der Waals surface area contributed by atoms with Gasteiger partial charge in [-0.05, 0) is 54.8 Å². The van der Waals surface area contributed by atoms with Gasteiger partial charge in [0.1, 0.15) is 11.6 Å². The molecule has 0 atom stereocenters. The number of hydrogen-bond acceptors (Lipinski definition) is 4. The van der Waals surface area contributed by atoms with Crippen LogP contribution in [0.15, 0.2) is 40.8 Å². The Bertz CT molecular complexity index is 1260. The average Bonchev–Trinajstić information content (AvgIpc) is 3.26. The molecule has 0 aliphatic heterocycles. The van der Waals surface area contributed by atoms with E-state index in [2.05, 4.69) is 10.2 Å². The average molecular weight is 397 g/mol. The van der Waals surface area contributed by atoms with Crippen molar-refractivity contribution in [2.75, 3.05) is 0 Å². The third-order valence-electron chi connectivity index (χ3n) is 4.73. The molecular weight excluding hydrogens is 380 g/mol. The van der Waals surface area contributed by atoms with Gasteiger partial charge in [-0.3, -0.25) is 0 Å². The first-order chi connectivity index (χ1) is 13.8. The second-order valence-electron chi connectivity index (χ2n) is 7.06. The zero-order chi connectivity index (χ0) is 20.9. The summed E-state index contributed by atoms with van der Waals surface area (Å²) >= 11 is 0. The lowest BCUT2D eigenvalue weighted by atomic mass is 10.0. The molecule has 0 fully saturated rings. The number of rotatable bonds is 4. The number of aryl methyl sites for hydroxylation is 1. The molecular formula is C21H17F2N3O3. The minimum absolute atomic E-state index is 0.0146. The van der Waals surface area contributed by atoms with Gasteiger partial charge in [0.25, 0.3) is 5.89 Å². The van der Waals surface area contributed by atoms with Crippen LogP contribution in [0.1, 0.15) is 41.7 Å². The largest absolute Gasteiger partial charge is 0.474 e. The van der Waals surface area contributed by atoms with Crippen LogP contribution in [0.2, 0.25) is 0 Å². The van der Waals surface area contributed by atoms with E-state index in [1.807, 2.05) is 18.4 Å². The molecule has 0 radical (unpaired) electrons. The number of aromatic nitrogens is 3. The van der Waals surface area contributed by atoms with E-state index in [1.54, 1.807) is 25.1 Å². The van der Waals surface area contributed by atoms with Crippen molar-refractivity contribution >= 4 is 16.9 Å². The minimum atomic E-state index is -1.35. The Morgan fingerprint density at radius 3 is 2.52 bits per heavy atom. The van der Waals surface area contributed by atoms with Gasteiger partial charge in [-0.25, -0.2) is 13.6 Å². The van der Waals surface area contributed by atoms with Crippen molar-refractivity contribution in [3.63, 3.8) is 0 Å². The molecule has 0 bridgehead atoms. The van der Waals surface area contributed by atoms with Gasteiger partial charge in [0.15, 0.2) is 0 Å². The van der Waals surface area contributed by atoms with E-state index < -0.39 is 17.7 Å². The van der Waals surface area contributed by atoms with Gasteiger partial charge in [0.05, 0.1) is 11.1 Å². The van der Waals surface area contributed by atoms with Crippen LogP contribution in [-0.4, -0.2) is 25.8 Å². The van der Waals surface area contributed by atoms with E-state index in [1.165, 1.54) is 18.2 Å². The molecule has 0 saturated carbocycles. The predicted molar refractivity (Wildman–Crippen MR) is 102 cm³/mol. The van der Waals surface area contributed by atoms with Crippen molar-refractivity contribution in [2.45, 2.75) is 26.7 Å². The van der Waals surface area contributed by atoms with E-state index in [-0.39, 0.29) is 17.6 Å².